The molecule has 1 rings (SSSR count). The van der Waals surface area contributed by atoms with Crippen LogP contribution in [0.2, 0.25) is 0 Å². The van der Waals surface area contributed by atoms with E-state index >= 15 is 0 Å². The van der Waals surface area contributed by atoms with Gasteiger partial charge in [-0.1, -0.05) is 17.9 Å². The van der Waals surface area contributed by atoms with Crippen molar-refractivity contribution in [3.05, 3.63) is 29.3 Å². The molecule has 0 aliphatic heterocycles. The van der Waals surface area contributed by atoms with Gasteiger partial charge in [-0.15, -0.1) is 0 Å². The predicted octanol–water partition coefficient (Wildman–Crippen LogP) is 1.22. The zero-order valence-electron chi connectivity index (χ0n) is 9.08. The van der Waals surface area contributed by atoms with Gasteiger partial charge in [0.25, 0.3) is 0 Å². The summed E-state index contributed by atoms with van der Waals surface area (Å²) < 4.78 is 0. The smallest absolute Gasteiger partial charge is 0.316 e. The first-order valence-corrected chi connectivity index (χ1v) is 4.90. The Morgan fingerprint density at radius 2 is 2.31 bits per heavy atom. The maximum atomic E-state index is 10.7. The van der Waals surface area contributed by atoms with E-state index in [1.807, 2.05) is 13.0 Å². The summed E-state index contributed by atoms with van der Waals surface area (Å²) in [5, 5.41) is 11.1. The van der Waals surface area contributed by atoms with Crippen LogP contribution in [0.1, 0.15) is 17.5 Å². The van der Waals surface area contributed by atoms with Crippen molar-refractivity contribution in [2.75, 3.05) is 11.9 Å². The van der Waals surface area contributed by atoms with Crippen LogP contribution in [0.15, 0.2) is 18.2 Å². The molecular weight excluding hydrogens is 204 g/mol. The van der Waals surface area contributed by atoms with E-state index in [0.29, 0.717) is 12.1 Å². The van der Waals surface area contributed by atoms with Crippen molar-refractivity contribution >= 4 is 11.7 Å². The quantitative estimate of drug-likeness (QED) is 0.653. The fourth-order valence-electron chi connectivity index (χ4n) is 1.19. The Labute approximate surface area is 94.5 Å². The van der Waals surface area contributed by atoms with E-state index in [2.05, 4.69) is 17.2 Å². The lowest BCUT2D eigenvalue weighted by Gasteiger charge is -2.04. The molecule has 1 aromatic rings. The number of nitrogens with two attached hydrogens (primary N) is 1. The number of aryl methyl sites for hydroxylation is 1. The summed E-state index contributed by atoms with van der Waals surface area (Å²) in [5.41, 5.74) is 7.47. The highest BCUT2D eigenvalue weighted by Gasteiger charge is 1.99. The first-order chi connectivity index (χ1) is 7.63. The standard InChI is InChI=1S/C12H14N2O2/c1-9-5-6-11(14-12(13)16)8-10(9)4-2-3-7-15/h5-6,8,15H,3,7H2,1H3,(H3,13,14,16). The minimum Gasteiger partial charge on any atom is -0.395 e. The summed E-state index contributed by atoms with van der Waals surface area (Å²) in [5.74, 6) is 5.75. The molecule has 1 aromatic carbocycles. The molecule has 0 bridgehead atoms. The van der Waals surface area contributed by atoms with Crippen molar-refractivity contribution in [2.24, 2.45) is 5.73 Å². The van der Waals surface area contributed by atoms with Crippen LogP contribution in [0.3, 0.4) is 0 Å². The molecule has 4 nitrogen and oxygen atoms in total. The maximum Gasteiger partial charge on any atom is 0.316 e. The molecule has 0 spiro atoms. The van der Waals surface area contributed by atoms with Crippen LogP contribution in [0.4, 0.5) is 10.5 Å². The number of carbonyl (C=O) groups is 1. The second kappa shape index (κ2) is 5.79. The van der Waals surface area contributed by atoms with Crippen LogP contribution in [0.5, 0.6) is 0 Å². The number of nitrogens with one attached hydrogen (secondary N) is 1. The molecular formula is C12H14N2O2. The number of urea groups is 1. The number of aliphatic hydroxyl groups excluding tert-OH is 1. The van der Waals surface area contributed by atoms with Crippen LogP contribution in [0.25, 0.3) is 0 Å². The maximum absolute atomic E-state index is 10.7. The Kier molecular flexibility index (Phi) is 4.37. The molecule has 0 radical (unpaired) electrons. The number of hydrogen-bond donors (Lipinski definition) is 3. The fraction of sp³-hybridized carbons (Fsp3) is 0.250. The van der Waals surface area contributed by atoms with E-state index in [1.165, 1.54) is 0 Å². The van der Waals surface area contributed by atoms with E-state index in [0.717, 1.165) is 11.1 Å². The Morgan fingerprint density at radius 1 is 1.56 bits per heavy atom. The third-order valence-corrected chi connectivity index (χ3v) is 1.96. The van der Waals surface area contributed by atoms with Crippen molar-refractivity contribution in [2.45, 2.75) is 13.3 Å². The number of benzene rings is 1. The lowest BCUT2D eigenvalue weighted by atomic mass is 10.1. The minimum atomic E-state index is -0.599. The average Bonchev–Trinajstić information content (AvgIpc) is 2.22. The van der Waals surface area contributed by atoms with Gasteiger partial charge < -0.3 is 16.2 Å². The van der Waals surface area contributed by atoms with Crippen molar-refractivity contribution in [3.63, 3.8) is 0 Å². The van der Waals surface area contributed by atoms with Gasteiger partial charge in [0.1, 0.15) is 0 Å². The third kappa shape index (κ3) is 3.64. The predicted molar refractivity (Wildman–Crippen MR) is 63.0 cm³/mol. The second-order valence-electron chi connectivity index (χ2n) is 3.29. The number of anilines is 1. The average molecular weight is 218 g/mol. The highest BCUT2D eigenvalue weighted by molar-refractivity contribution is 5.88. The van der Waals surface area contributed by atoms with E-state index in [4.69, 9.17) is 10.8 Å². The van der Waals surface area contributed by atoms with Crippen LogP contribution >= 0.6 is 0 Å². The van der Waals surface area contributed by atoms with Gasteiger partial charge in [-0.05, 0) is 24.6 Å². The van der Waals surface area contributed by atoms with Gasteiger partial charge in [0.15, 0.2) is 0 Å². The third-order valence-electron chi connectivity index (χ3n) is 1.96. The van der Waals surface area contributed by atoms with Gasteiger partial charge in [0.05, 0.1) is 6.61 Å². The number of hydrogen-bond acceptors (Lipinski definition) is 2. The van der Waals surface area contributed by atoms with Gasteiger partial charge in [-0.3, -0.25) is 0 Å². The van der Waals surface area contributed by atoms with Crippen LogP contribution in [-0.2, 0) is 0 Å². The first-order valence-electron chi connectivity index (χ1n) is 4.90. The molecule has 0 atom stereocenters. The summed E-state index contributed by atoms with van der Waals surface area (Å²) in [6.45, 7) is 1.97. The molecule has 4 heteroatoms. The van der Waals surface area contributed by atoms with E-state index in [1.54, 1.807) is 12.1 Å². The Hall–Kier alpha value is -1.99. The second-order valence-corrected chi connectivity index (χ2v) is 3.29. The van der Waals surface area contributed by atoms with Gasteiger partial charge in [0, 0.05) is 17.7 Å². The summed E-state index contributed by atoms with van der Waals surface area (Å²) >= 11 is 0. The molecule has 0 saturated carbocycles. The van der Waals surface area contributed by atoms with Crippen LogP contribution in [0, 0.1) is 18.8 Å². The zero-order chi connectivity index (χ0) is 12.0. The summed E-state index contributed by atoms with van der Waals surface area (Å²) in [7, 11) is 0. The SMILES string of the molecule is Cc1ccc(NC(N)=O)cc1C#CCCO. The highest BCUT2D eigenvalue weighted by Crippen LogP contribution is 2.14. The summed E-state index contributed by atoms with van der Waals surface area (Å²) in [4.78, 5) is 10.7. The molecule has 84 valence electrons. The molecule has 0 heterocycles. The van der Waals surface area contributed by atoms with Crippen molar-refractivity contribution in [1.29, 1.82) is 0 Å². The molecule has 16 heavy (non-hydrogen) atoms. The summed E-state index contributed by atoms with van der Waals surface area (Å²) in [6, 6.07) is 4.77. The molecule has 0 fully saturated rings. The highest BCUT2D eigenvalue weighted by atomic mass is 16.2. The van der Waals surface area contributed by atoms with Gasteiger partial charge in [-0.2, -0.15) is 0 Å². The molecule has 0 unspecified atom stereocenters. The number of amides is 2. The minimum absolute atomic E-state index is 0.0469. The molecule has 0 aliphatic rings. The first kappa shape index (κ1) is 12.1. The Bertz CT molecular complexity index is 444. The van der Waals surface area contributed by atoms with E-state index in [9.17, 15) is 4.79 Å². The number of rotatable bonds is 2. The van der Waals surface area contributed by atoms with Gasteiger partial charge >= 0.3 is 6.03 Å². The molecule has 4 N–H and O–H groups in total. The molecule has 2 amide bonds. The van der Waals surface area contributed by atoms with Gasteiger partial charge in [0.2, 0.25) is 0 Å². The number of aliphatic hydroxyl groups is 1. The molecule has 0 aliphatic carbocycles. The number of carbonyl (C=O) groups excluding carboxylic acids is 1. The van der Waals surface area contributed by atoms with Crippen molar-refractivity contribution < 1.29 is 9.90 Å². The van der Waals surface area contributed by atoms with E-state index < -0.39 is 6.03 Å². The lowest BCUT2D eigenvalue weighted by Crippen LogP contribution is -2.19. The van der Waals surface area contributed by atoms with E-state index in [-0.39, 0.29) is 6.61 Å². The largest absolute Gasteiger partial charge is 0.395 e. The van der Waals surface area contributed by atoms with Crippen LogP contribution < -0.4 is 11.1 Å². The Balaban J connectivity index is 2.91. The normalized spacial score (nSPS) is 9.12. The van der Waals surface area contributed by atoms with Crippen molar-refractivity contribution in [3.8, 4) is 11.8 Å². The monoisotopic (exact) mass is 218 g/mol. The topological polar surface area (TPSA) is 75.3 Å². The zero-order valence-corrected chi connectivity index (χ0v) is 9.08. The summed E-state index contributed by atoms with van der Waals surface area (Å²) in [6.07, 6.45) is 0.437. The fourth-order valence-corrected chi connectivity index (χ4v) is 1.19. The number of primary amides is 1. The Morgan fingerprint density at radius 3 is 2.94 bits per heavy atom. The molecule has 0 saturated heterocycles. The van der Waals surface area contributed by atoms with Crippen LogP contribution in [-0.4, -0.2) is 17.7 Å². The van der Waals surface area contributed by atoms with Crippen molar-refractivity contribution in [1.82, 2.24) is 0 Å². The molecule has 0 aromatic heterocycles. The lowest BCUT2D eigenvalue weighted by molar-refractivity contribution is 0.259. The van der Waals surface area contributed by atoms with Gasteiger partial charge in [-0.25, -0.2) is 4.79 Å².